The van der Waals surface area contributed by atoms with Crippen LogP contribution in [0.1, 0.15) is 11.1 Å². The number of carbonyl (C=O) groups excluding carboxylic acids is 2. The minimum atomic E-state index is -0.691. The standard InChI is InChI=1S/C20H20Cl2O4/c1-25-19(23)17(21)11-13-3-7-15(8-4-13)16-9-5-14(6-10-16)12-18(22)20(24)26-2/h3-10,17-18H,11-12H2,1-2H3. The van der Waals surface area contributed by atoms with Crippen molar-refractivity contribution in [1.82, 2.24) is 0 Å². The largest absolute Gasteiger partial charge is 0.468 e. The van der Waals surface area contributed by atoms with Crippen molar-refractivity contribution >= 4 is 35.1 Å². The lowest BCUT2D eigenvalue weighted by Crippen LogP contribution is -2.18. The molecule has 0 heterocycles. The number of halogens is 2. The lowest BCUT2D eigenvalue weighted by Gasteiger charge is -2.10. The number of esters is 2. The molecule has 0 fully saturated rings. The summed E-state index contributed by atoms with van der Waals surface area (Å²) in [5.74, 6) is -0.869. The van der Waals surface area contributed by atoms with Crippen LogP contribution in [0.15, 0.2) is 48.5 Å². The average Bonchev–Trinajstić information content (AvgIpc) is 2.67. The molecule has 2 rings (SSSR count). The van der Waals surface area contributed by atoms with Gasteiger partial charge in [-0.3, -0.25) is 9.59 Å². The maximum absolute atomic E-state index is 11.4. The smallest absolute Gasteiger partial charge is 0.324 e. The third-order valence-corrected chi connectivity index (χ3v) is 4.65. The van der Waals surface area contributed by atoms with Crippen LogP contribution in [-0.2, 0) is 31.9 Å². The molecule has 26 heavy (non-hydrogen) atoms. The predicted molar refractivity (Wildman–Crippen MR) is 103 cm³/mol. The second-order valence-electron chi connectivity index (χ2n) is 5.78. The minimum absolute atomic E-state index is 0.415. The maximum atomic E-state index is 11.4. The quantitative estimate of drug-likeness (QED) is 0.525. The summed E-state index contributed by atoms with van der Waals surface area (Å²) >= 11 is 12.0. The Balaban J connectivity index is 2.03. The highest BCUT2D eigenvalue weighted by atomic mass is 35.5. The van der Waals surface area contributed by atoms with E-state index in [-0.39, 0.29) is 0 Å². The Kier molecular flexibility index (Phi) is 7.49. The van der Waals surface area contributed by atoms with Gasteiger partial charge in [0.05, 0.1) is 14.2 Å². The van der Waals surface area contributed by atoms with Crippen LogP contribution in [0.4, 0.5) is 0 Å². The normalized spacial score (nSPS) is 12.9. The van der Waals surface area contributed by atoms with E-state index >= 15 is 0 Å². The lowest BCUT2D eigenvalue weighted by atomic mass is 10.00. The molecule has 0 aliphatic heterocycles. The first-order valence-electron chi connectivity index (χ1n) is 8.06. The third-order valence-electron chi connectivity index (χ3n) is 3.98. The van der Waals surface area contributed by atoms with Crippen LogP contribution in [-0.4, -0.2) is 36.9 Å². The van der Waals surface area contributed by atoms with Gasteiger partial charge in [0.2, 0.25) is 0 Å². The molecule has 2 atom stereocenters. The zero-order chi connectivity index (χ0) is 19.1. The lowest BCUT2D eigenvalue weighted by molar-refractivity contribution is -0.141. The summed E-state index contributed by atoms with van der Waals surface area (Å²) in [7, 11) is 2.64. The summed E-state index contributed by atoms with van der Waals surface area (Å²) in [6.07, 6.45) is 0.830. The van der Waals surface area contributed by atoms with Crippen molar-refractivity contribution < 1.29 is 19.1 Å². The van der Waals surface area contributed by atoms with Gasteiger partial charge >= 0.3 is 11.9 Å². The van der Waals surface area contributed by atoms with E-state index in [1.807, 2.05) is 48.5 Å². The first-order valence-corrected chi connectivity index (χ1v) is 8.94. The molecular formula is C20H20Cl2O4. The number of alkyl halides is 2. The molecule has 0 aliphatic rings. The first kappa shape index (κ1) is 20.3. The molecule has 0 aromatic heterocycles. The van der Waals surface area contributed by atoms with Crippen molar-refractivity contribution in [3.63, 3.8) is 0 Å². The van der Waals surface area contributed by atoms with Crippen molar-refractivity contribution in [2.24, 2.45) is 0 Å². The van der Waals surface area contributed by atoms with E-state index in [4.69, 9.17) is 23.2 Å². The van der Waals surface area contributed by atoms with Gasteiger partial charge in [0.1, 0.15) is 10.8 Å². The second-order valence-corrected chi connectivity index (χ2v) is 6.84. The zero-order valence-corrected chi connectivity index (χ0v) is 16.1. The number of hydrogen-bond donors (Lipinski definition) is 0. The predicted octanol–water partition coefficient (Wildman–Crippen LogP) is 4.00. The van der Waals surface area contributed by atoms with Crippen molar-refractivity contribution in [2.45, 2.75) is 23.6 Å². The van der Waals surface area contributed by atoms with Crippen molar-refractivity contribution in [2.75, 3.05) is 14.2 Å². The topological polar surface area (TPSA) is 52.6 Å². The highest BCUT2D eigenvalue weighted by Crippen LogP contribution is 2.22. The molecule has 0 saturated heterocycles. The molecule has 0 spiro atoms. The number of benzene rings is 2. The van der Waals surface area contributed by atoms with Gasteiger partial charge in [-0.2, -0.15) is 0 Å². The van der Waals surface area contributed by atoms with Crippen LogP contribution in [0.2, 0.25) is 0 Å². The Labute approximate surface area is 163 Å². The van der Waals surface area contributed by atoms with E-state index in [9.17, 15) is 9.59 Å². The van der Waals surface area contributed by atoms with Gasteiger partial charge in [0.15, 0.2) is 0 Å². The van der Waals surface area contributed by atoms with Gasteiger partial charge in [-0.15, -0.1) is 23.2 Å². The number of rotatable bonds is 7. The van der Waals surface area contributed by atoms with Gasteiger partial charge < -0.3 is 9.47 Å². The first-order chi connectivity index (χ1) is 12.4. The Morgan fingerprint density at radius 2 is 1.04 bits per heavy atom. The molecule has 2 unspecified atom stereocenters. The average molecular weight is 395 g/mol. The van der Waals surface area contributed by atoms with Gasteiger partial charge in [-0.05, 0) is 35.1 Å². The number of hydrogen-bond acceptors (Lipinski definition) is 4. The summed E-state index contributed by atoms with van der Waals surface area (Å²) in [6.45, 7) is 0. The minimum Gasteiger partial charge on any atom is -0.468 e. The van der Waals surface area contributed by atoms with Crippen LogP contribution in [0, 0.1) is 0 Å². The molecule has 6 heteroatoms. The van der Waals surface area contributed by atoms with Crippen LogP contribution < -0.4 is 0 Å². The molecule has 0 bridgehead atoms. The Bertz CT molecular complexity index is 676. The summed E-state index contributed by atoms with van der Waals surface area (Å²) in [5, 5.41) is -1.38. The monoisotopic (exact) mass is 394 g/mol. The van der Waals surface area contributed by atoms with Crippen LogP contribution in [0.25, 0.3) is 11.1 Å². The molecular weight excluding hydrogens is 375 g/mol. The van der Waals surface area contributed by atoms with Crippen molar-refractivity contribution in [3.05, 3.63) is 59.7 Å². The summed E-state index contributed by atoms with van der Waals surface area (Å²) in [4.78, 5) is 22.8. The Morgan fingerprint density at radius 1 is 0.731 bits per heavy atom. The SMILES string of the molecule is COC(=O)C(Cl)Cc1ccc(-c2ccc(CC(Cl)C(=O)OC)cc2)cc1. The Hall–Kier alpha value is -2.04. The van der Waals surface area contributed by atoms with Gasteiger partial charge in [-0.1, -0.05) is 48.5 Å². The fourth-order valence-corrected chi connectivity index (χ4v) is 3.04. The van der Waals surface area contributed by atoms with Gasteiger partial charge in [-0.25, -0.2) is 0 Å². The van der Waals surface area contributed by atoms with E-state index in [1.54, 1.807) is 0 Å². The zero-order valence-electron chi connectivity index (χ0n) is 14.6. The van der Waals surface area contributed by atoms with E-state index < -0.39 is 22.7 Å². The molecule has 0 aliphatic carbocycles. The Morgan fingerprint density at radius 3 is 1.31 bits per heavy atom. The van der Waals surface area contributed by atoms with Crippen LogP contribution >= 0.6 is 23.2 Å². The number of ether oxygens (including phenoxy) is 2. The summed E-state index contributed by atoms with van der Waals surface area (Å²) < 4.78 is 9.26. The van der Waals surface area contributed by atoms with Gasteiger partial charge in [0, 0.05) is 0 Å². The number of methoxy groups -OCH3 is 2. The van der Waals surface area contributed by atoms with E-state index in [1.165, 1.54) is 14.2 Å². The molecule has 0 saturated carbocycles. The van der Waals surface area contributed by atoms with E-state index in [0.29, 0.717) is 12.8 Å². The van der Waals surface area contributed by atoms with Crippen molar-refractivity contribution in [1.29, 1.82) is 0 Å². The van der Waals surface area contributed by atoms with E-state index in [2.05, 4.69) is 9.47 Å². The molecule has 138 valence electrons. The fourth-order valence-electron chi connectivity index (χ4n) is 2.50. The maximum Gasteiger partial charge on any atom is 0.324 e. The molecule has 0 radical (unpaired) electrons. The van der Waals surface area contributed by atoms with Crippen LogP contribution in [0.5, 0.6) is 0 Å². The fraction of sp³-hybridized carbons (Fsp3) is 0.300. The highest BCUT2D eigenvalue weighted by Gasteiger charge is 2.17. The second kappa shape index (κ2) is 9.60. The third kappa shape index (κ3) is 5.48. The summed E-state index contributed by atoms with van der Waals surface area (Å²) in [5.41, 5.74) is 4.00. The van der Waals surface area contributed by atoms with Gasteiger partial charge in [0.25, 0.3) is 0 Å². The highest BCUT2D eigenvalue weighted by molar-refractivity contribution is 6.30. The summed E-state index contributed by atoms with van der Waals surface area (Å²) in [6, 6.07) is 15.7. The number of carbonyl (C=O) groups is 2. The van der Waals surface area contributed by atoms with Crippen molar-refractivity contribution in [3.8, 4) is 11.1 Å². The van der Waals surface area contributed by atoms with Crippen LogP contribution in [0.3, 0.4) is 0 Å². The molecule has 2 aromatic rings. The molecule has 0 N–H and O–H groups in total. The van der Waals surface area contributed by atoms with E-state index in [0.717, 1.165) is 22.3 Å². The molecule has 2 aromatic carbocycles. The molecule has 4 nitrogen and oxygen atoms in total. The molecule has 0 amide bonds.